The van der Waals surface area contributed by atoms with Crippen LogP contribution in [0.25, 0.3) is 0 Å². The van der Waals surface area contributed by atoms with Gasteiger partial charge in [0.2, 0.25) is 0 Å². The Bertz CT molecular complexity index is 666. The number of hydrogen-bond donors (Lipinski definition) is 2. The minimum Gasteiger partial charge on any atom is -0.508 e. The first kappa shape index (κ1) is 17.9. The number of para-hydroxylation sites is 1. The summed E-state index contributed by atoms with van der Waals surface area (Å²) in [5, 5.41) is 19.2. The third kappa shape index (κ3) is 5.01. The number of carbonyl (C=O) groups is 1. The van der Waals surface area contributed by atoms with Gasteiger partial charge in [0.05, 0.1) is 12.5 Å². The van der Waals surface area contributed by atoms with Gasteiger partial charge in [0, 0.05) is 0 Å². The van der Waals surface area contributed by atoms with E-state index >= 15 is 0 Å². The fourth-order valence-corrected chi connectivity index (χ4v) is 2.66. The molecular weight excluding hydrogens is 304 g/mol. The second kappa shape index (κ2) is 8.96. The molecule has 4 nitrogen and oxygen atoms in total. The fraction of sp³-hybridized carbons (Fsp3) is 0.350. The zero-order valence-corrected chi connectivity index (χ0v) is 13.9. The van der Waals surface area contributed by atoms with E-state index < -0.39 is 11.9 Å². The Morgan fingerprint density at radius 2 is 1.92 bits per heavy atom. The number of unbranched alkanes of at least 4 members (excludes halogenated alkanes) is 2. The van der Waals surface area contributed by atoms with Crippen molar-refractivity contribution >= 4 is 5.97 Å². The van der Waals surface area contributed by atoms with Gasteiger partial charge in [-0.15, -0.1) is 0 Å². The van der Waals surface area contributed by atoms with E-state index in [4.69, 9.17) is 4.74 Å². The lowest BCUT2D eigenvalue weighted by atomic mass is 9.91. The van der Waals surface area contributed by atoms with Gasteiger partial charge in [-0.25, -0.2) is 0 Å². The highest BCUT2D eigenvalue weighted by molar-refractivity contribution is 5.77. The Balaban J connectivity index is 2.16. The van der Waals surface area contributed by atoms with Crippen molar-refractivity contribution in [3.05, 3.63) is 59.7 Å². The van der Waals surface area contributed by atoms with E-state index in [2.05, 4.69) is 6.92 Å². The van der Waals surface area contributed by atoms with Gasteiger partial charge in [0.25, 0.3) is 0 Å². The van der Waals surface area contributed by atoms with Crippen LogP contribution in [0.4, 0.5) is 0 Å². The number of carboxylic acids is 1. The molecular formula is C20H24O4. The first-order valence-corrected chi connectivity index (χ1v) is 8.34. The number of phenolic OH excluding ortho intramolecular Hbond substituents is 1. The summed E-state index contributed by atoms with van der Waals surface area (Å²) >= 11 is 0. The molecule has 0 saturated heterocycles. The molecule has 0 radical (unpaired) electrons. The van der Waals surface area contributed by atoms with Gasteiger partial charge in [0.15, 0.2) is 0 Å². The lowest BCUT2D eigenvalue weighted by Crippen LogP contribution is -2.15. The number of ether oxygens (including phenoxy) is 1. The molecule has 0 aliphatic carbocycles. The number of rotatable bonds is 9. The van der Waals surface area contributed by atoms with Gasteiger partial charge < -0.3 is 14.9 Å². The minimum atomic E-state index is -0.915. The molecule has 4 heteroatoms. The largest absolute Gasteiger partial charge is 0.508 e. The Labute approximate surface area is 142 Å². The zero-order valence-electron chi connectivity index (χ0n) is 13.9. The molecule has 2 aromatic carbocycles. The van der Waals surface area contributed by atoms with Gasteiger partial charge >= 0.3 is 5.97 Å². The van der Waals surface area contributed by atoms with Crippen molar-refractivity contribution in [1.29, 1.82) is 0 Å². The second-order valence-corrected chi connectivity index (χ2v) is 5.85. The van der Waals surface area contributed by atoms with Crippen LogP contribution in [0.3, 0.4) is 0 Å². The van der Waals surface area contributed by atoms with Crippen LogP contribution >= 0.6 is 0 Å². The van der Waals surface area contributed by atoms with Gasteiger partial charge in [-0.3, -0.25) is 4.79 Å². The Kier molecular flexibility index (Phi) is 6.67. The molecule has 0 aliphatic rings. The van der Waals surface area contributed by atoms with Crippen LogP contribution in [-0.2, 0) is 11.2 Å². The average molecular weight is 328 g/mol. The van der Waals surface area contributed by atoms with Crippen LogP contribution < -0.4 is 4.74 Å². The predicted molar refractivity (Wildman–Crippen MR) is 93.6 cm³/mol. The molecule has 0 amide bonds. The monoisotopic (exact) mass is 328 g/mol. The highest BCUT2D eigenvalue weighted by Gasteiger charge is 2.22. The molecule has 0 saturated carbocycles. The van der Waals surface area contributed by atoms with E-state index in [-0.39, 0.29) is 5.75 Å². The fourth-order valence-electron chi connectivity index (χ4n) is 2.66. The van der Waals surface area contributed by atoms with Crippen LogP contribution in [0.1, 0.15) is 43.2 Å². The van der Waals surface area contributed by atoms with Gasteiger partial charge in [-0.2, -0.15) is 0 Å². The van der Waals surface area contributed by atoms with Crippen molar-refractivity contribution in [2.45, 2.75) is 38.5 Å². The Hall–Kier alpha value is -2.49. The summed E-state index contributed by atoms with van der Waals surface area (Å²) in [5.74, 6) is -0.832. The van der Waals surface area contributed by atoms with E-state index in [1.165, 1.54) is 12.1 Å². The topological polar surface area (TPSA) is 66.8 Å². The van der Waals surface area contributed by atoms with E-state index in [1.807, 2.05) is 24.3 Å². The molecule has 24 heavy (non-hydrogen) atoms. The maximum absolute atomic E-state index is 11.7. The molecule has 128 valence electrons. The zero-order chi connectivity index (χ0) is 17.4. The molecule has 0 bridgehead atoms. The molecule has 1 unspecified atom stereocenters. The number of benzene rings is 2. The molecule has 0 aromatic heterocycles. The van der Waals surface area contributed by atoms with E-state index in [0.717, 1.165) is 30.6 Å². The molecule has 1 atom stereocenters. The smallest absolute Gasteiger partial charge is 0.311 e. The van der Waals surface area contributed by atoms with Gasteiger partial charge in [-0.05, 0) is 42.2 Å². The van der Waals surface area contributed by atoms with Gasteiger partial charge in [0.1, 0.15) is 11.5 Å². The minimum absolute atomic E-state index is 0.0721. The second-order valence-electron chi connectivity index (χ2n) is 5.85. The van der Waals surface area contributed by atoms with E-state index in [9.17, 15) is 15.0 Å². The number of carboxylic acid groups (broad SMARTS) is 1. The van der Waals surface area contributed by atoms with Crippen molar-refractivity contribution in [3.8, 4) is 11.5 Å². The third-order valence-electron chi connectivity index (χ3n) is 3.97. The third-order valence-corrected chi connectivity index (χ3v) is 3.97. The highest BCUT2D eigenvalue weighted by atomic mass is 16.5. The summed E-state index contributed by atoms with van der Waals surface area (Å²) in [5.41, 5.74) is 1.45. The lowest BCUT2D eigenvalue weighted by molar-refractivity contribution is -0.138. The van der Waals surface area contributed by atoms with Crippen LogP contribution in [-0.4, -0.2) is 22.8 Å². The lowest BCUT2D eigenvalue weighted by Gasteiger charge is -2.16. The molecule has 2 aromatic rings. The molecule has 0 spiro atoms. The number of aromatic hydroxyl groups is 1. The van der Waals surface area contributed by atoms with E-state index in [1.54, 1.807) is 12.1 Å². The summed E-state index contributed by atoms with van der Waals surface area (Å²) in [4.78, 5) is 11.7. The van der Waals surface area contributed by atoms with Gasteiger partial charge in [-0.1, -0.05) is 50.1 Å². The molecule has 0 aliphatic heterocycles. The maximum Gasteiger partial charge on any atom is 0.311 e. The molecule has 0 fully saturated rings. The summed E-state index contributed by atoms with van der Waals surface area (Å²) < 4.78 is 5.84. The summed E-state index contributed by atoms with van der Waals surface area (Å²) in [6, 6.07) is 14.0. The van der Waals surface area contributed by atoms with Crippen LogP contribution in [0, 0.1) is 0 Å². The van der Waals surface area contributed by atoms with E-state index in [0.29, 0.717) is 18.6 Å². The quantitative estimate of drug-likeness (QED) is 0.671. The Morgan fingerprint density at radius 3 is 2.62 bits per heavy atom. The van der Waals surface area contributed by atoms with Crippen LogP contribution in [0.5, 0.6) is 11.5 Å². The van der Waals surface area contributed by atoms with Crippen molar-refractivity contribution in [1.82, 2.24) is 0 Å². The molecule has 2 N–H and O–H groups in total. The van der Waals surface area contributed by atoms with Crippen LogP contribution in [0.2, 0.25) is 0 Å². The molecule has 0 heterocycles. The first-order chi connectivity index (χ1) is 11.6. The summed E-state index contributed by atoms with van der Waals surface area (Å²) in [6.45, 7) is 2.77. The summed E-state index contributed by atoms with van der Waals surface area (Å²) in [7, 11) is 0. The van der Waals surface area contributed by atoms with Crippen molar-refractivity contribution in [2.24, 2.45) is 0 Å². The first-order valence-electron chi connectivity index (χ1n) is 8.34. The number of hydrogen-bond acceptors (Lipinski definition) is 3. The number of phenols is 1. The Morgan fingerprint density at radius 1 is 1.12 bits per heavy atom. The normalized spacial score (nSPS) is 11.9. The predicted octanol–water partition coefficient (Wildman–Crippen LogP) is 4.37. The maximum atomic E-state index is 11.7. The van der Waals surface area contributed by atoms with Crippen LogP contribution in [0.15, 0.2) is 48.5 Å². The summed E-state index contributed by atoms with van der Waals surface area (Å²) in [6.07, 6.45) is 3.55. The SMILES string of the molecule is CCCCCOc1ccccc1CC(C(=O)O)c1cccc(O)c1. The molecule has 2 rings (SSSR count). The van der Waals surface area contributed by atoms with Crippen molar-refractivity contribution < 1.29 is 19.7 Å². The highest BCUT2D eigenvalue weighted by Crippen LogP contribution is 2.28. The van der Waals surface area contributed by atoms with Crippen molar-refractivity contribution in [2.75, 3.05) is 6.61 Å². The standard InChI is InChI=1S/C20H24O4/c1-2-3-6-12-24-19-11-5-4-8-16(19)14-18(20(22)23)15-9-7-10-17(21)13-15/h4-5,7-11,13,18,21H,2-3,6,12,14H2,1H3,(H,22,23). The number of aliphatic carboxylic acids is 1. The average Bonchev–Trinajstić information content (AvgIpc) is 2.57. The van der Waals surface area contributed by atoms with Crippen molar-refractivity contribution in [3.63, 3.8) is 0 Å².